The maximum atomic E-state index is 12.8. The summed E-state index contributed by atoms with van der Waals surface area (Å²) in [5.41, 5.74) is 1.77. The summed E-state index contributed by atoms with van der Waals surface area (Å²) in [5.74, 6) is -0.620. The second-order valence-corrected chi connectivity index (χ2v) is 6.42. The molecule has 0 heterocycles. The lowest BCUT2D eigenvalue weighted by molar-refractivity contribution is -0.137. The van der Waals surface area contributed by atoms with Gasteiger partial charge in [-0.15, -0.1) is 0 Å². The Labute approximate surface area is 155 Å². The summed E-state index contributed by atoms with van der Waals surface area (Å²) in [6, 6.07) is 19.5. The zero-order valence-electron chi connectivity index (χ0n) is 15.1. The molecule has 0 aliphatic heterocycles. The number of nitrogens with zero attached hydrogens (tertiary/aromatic N) is 1. The number of carboxylic acids is 1. The van der Waals surface area contributed by atoms with Gasteiger partial charge in [0.1, 0.15) is 0 Å². The predicted octanol–water partition coefficient (Wildman–Crippen LogP) is 5.56. The van der Waals surface area contributed by atoms with Gasteiger partial charge in [-0.1, -0.05) is 62.1 Å². The van der Waals surface area contributed by atoms with Gasteiger partial charge in [-0.3, -0.25) is 14.5 Å². The van der Waals surface area contributed by atoms with Crippen molar-refractivity contribution in [3.63, 3.8) is 0 Å². The lowest BCUT2D eigenvalue weighted by Crippen LogP contribution is -2.25. The van der Waals surface area contributed by atoms with E-state index < -0.39 is 5.97 Å². The largest absolute Gasteiger partial charge is 0.481 e. The number of anilines is 2. The predicted molar refractivity (Wildman–Crippen MR) is 105 cm³/mol. The van der Waals surface area contributed by atoms with Crippen LogP contribution in [0.2, 0.25) is 0 Å². The molecule has 0 saturated heterocycles. The van der Waals surface area contributed by atoms with Crippen LogP contribution in [0.25, 0.3) is 0 Å². The van der Waals surface area contributed by atoms with E-state index in [9.17, 15) is 9.59 Å². The van der Waals surface area contributed by atoms with Gasteiger partial charge in [0.2, 0.25) is 5.91 Å². The van der Waals surface area contributed by atoms with Crippen LogP contribution in [-0.4, -0.2) is 17.0 Å². The van der Waals surface area contributed by atoms with Gasteiger partial charge in [0.05, 0.1) is 0 Å². The Balaban J connectivity index is 1.82. The Hall–Kier alpha value is -2.62. The van der Waals surface area contributed by atoms with E-state index in [1.165, 1.54) is 0 Å². The molecule has 1 amide bonds. The molecule has 0 bridgehead atoms. The number of hydrogen-bond donors (Lipinski definition) is 1. The van der Waals surface area contributed by atoms with E-state index in [4.69, 9.17) is 5.11 Å². The van der Waals surface area contributed by atoms with Crippen molar-refractivity contribution in [3.8, 4) is 0 Å². The molecule has 2 aromatic rings. The fourth-order valence-electron chi connectivity index (χ4n) is 2.96. The van der Waals surface area contributed by atoms with Crippen LogP contribution in [-0.2, 0) is 9.59 Å². The Morgan fingerprint density at radius 1 is 0.654 bits per heavy atom. The van der Waals surface area contributed by atoms with Crippen molar-refractivity contribution in [2.45, 2.75) is 51.4 Å². The van der Waals surface area contributed by atoms with E-state index in [-0.39, 0.29) is 12.3 Å². The topological polar surface area (TPSA) is 57.6 Å². The molecule has 0 atom stereocenters. The van der Waals surface area contributed by atoms with Crippen LogP contribution in [0.3, 0.4) is 0 Å². The second-order valence-electron chi connectivity index (χ2n) is 6.42. The lowest BCUT2D eigenvalue weighted by Gasteiger charge is -2.23. The molecule has 0 aliphatic carbocycles. The minimum absolute atomic E-state index is 0.105. The monoisotopic (exact) mass is 353 g/mol. The number of hydrogen-bond acceptors (Lipinski definition) is 2. The average molecular weight is 353 g/mol. The first kappa shape index (κ1) is 19.7. The lowest BCUT2D eigenvalue weighted by atomic mass is 10.1. The summed E-state index contributed by atoms with van der Waals surface area (Å²) >= 11 is 0. The van der Waals surface area contributed by atoms with E-state index in [1.807, 2.05) is 60.7 Å². The maximum absolute atomic E-state index is 12.8. The highest BCUT2D eigenvalue weighted by molar-refractivity contribution is 6.00. The molecule has 0 spiro atoms. The van der Waals surface area contributed by atoms with Crippen molar-refractivity contribution < 1.29 is 14.7 Å². The third-order valence-corrected chi connectivity index (χ3v) is 4.31. The summed E-state index contributed by atoms with van der Waals surface area (Å²) in [4.78, 5) is 25.1. The molecule has 1 N–H and O–H groups in total. The van der Waals surface area contributed by atoms with Crippen molar-refractivity contribution >= 4 is 23.3 Å². The van der Waals surface area contributed by atoms with Crippen LogP contribution in [0.4, 0.5) is 11.4 Å². The molecule has 138 valence electrons. The third-order valence-electron chi connectivity index (χ3n) is 4.31. The number of carboxylic acid groups (broad SMARTS) is 1. The number of carbonyl (C=O) groups excluding carboxylic acids is 1. The minimum atomic E-state index is -0.725. The van der Waals surface area contributed by atoms with E-state index in [1.54, 1.807) is 4.90 Å². The molecule has 26 heavy (non-hydrogen) atoms. The molecule has 0 unspecified atom stereocenters. The fourth-order valence-corrected chi connectivity index (χ4v) is 2.96. The van der Waals surface area contributed by atoms with Crippen molar-refractivity contribution in [3.05, 3.63) is 60.7 Å². The van der Waals surface area contributed by atoms with Crippen molar-refractivity contribution in [1.29, 1.82) is 0 Å². The van der Waals surface area contributed by atoms with Gasteiger partial charge < -0.3 is 5.11 Å². The molecule has 0 aliphatic rings. The molecule has 0 radical (unpaired) electrons. The van der Waals surface area contributed by atoms with Gasteiger partial charge in [-0.25, -0.2) is 0 Å². The number of amides is 1. The number of carbonyl (C=O) groups is 2. The molecule has 4 heteroatoms. The molecule has 2 rings (SSSR count). The van der Waals surface area contributed by atoms with Gasteiger partial charge in [-0.05, 0) is 37.1 Å². The van der Waals surface area contributed by atoms with E-state index in [0.717, 1.165) is 49.9 Å². The van der Waals surface area contributed by atoms with E-state index >= 15 is 0 Å². The quantitative estimate of drug-likeness (QED) is 0.538. The Bertz CT molecular complexity index is 631. The maximum Gasteiger partial charge on any atom is 0.303 e. The van der Waals surface area contributed by atoms with Crippen LogP contribution >= 0.6 is 0 Å². The molecular weight excluding hydrogens is 326 g/mol. The third kappa shape index (κ3) is 6.71. The summed E-state index contributed by atoms with van der Waals surface area (Å²) in [5, 5.41) is 8.61. The first-order chi connectivity index (χ1) is 12.7. The van der Waals surface area contributed by atoms with Gasteiger partial charge >= 0.3 is 5.97 Å². The highest BCUT2D eigenvalue weighted by Gasteiger charge is 2.16. The van der Waals surface area contributed by atoms with Gasteiger partial charge in [0.15, 0.2) is 0 Å². The summed E-state index contributed by atoms with van der Waals surface area (Å²) < 4.78 is 0. The summed E-state index contributed by atoms with van der Waals surface area (Å²) in [7, 11) is 0. The Morgan fingerprint density at radius 3 is 1.54 bits per heavy atom. The van der Waals surface area contributed by atoms with Crippen molar-refractivity contribution in [1.82, 2.24) is 0 Å². The summed E-state index contributed by atoms with van der Waals surface area (Å²) in [6.45, 7) is 0. The zero-order valence-corrected chi connectivity index (χ0v) is 15.1. The van der Waals surface area contributed by atoms with Crippen LogP contribution in [0, 0.1) is 0 Å². The van der Waals surface area contributed by atoms with Gasteiger partial charge in [0, 0.05) is 24.2 Å². The van der Waals surface area contributed by atoms with Gasteiger partial charge in [0.25, 0.3) is 0 Å². The molecule has 2 aromatic carbocycles. The average Bonchev–Trinajstić information content (AvgIpc) is 2.65. The standard InChI is InChI=1S/C22H27NO3/c24-21(17-11-3-1-2-4-12-18-22(25)26)23(19-13-7-5-8-14-19)20-15-9-6-10-16-20/h5-10,13-16H,1-4,11-12,17-18H2,(H,25,26). The number of para-hydroxylation sites is 2. The number of aliphatic carboxylic acids is 1. The highest BCUT2D eigenvalue weighted by Crippen LogP contribution is 2.26. The normalized spacial score (nSPS) is 10.5. The zero-order chi connectivity index (χ0) is 18.6. The number of benzene rings is 2. The SMILES string of the molecule is O=C(O)CCCCCCCCC(=O)N(c1ccccc1)c1ccccc1. The van der Waals surface area contributed by atoms with E-state index in [2.05, 4.69) is 0 Å². The number of unbranched alkanes of at least 4 members (excludes halogenated alkanes) is 5. The fraction of sp³-hybridized carbons (Fsp3) is 0.364. The Morgan fingerprint density at radius 2 is 1.08 bits per heavy atom. The minimum Gasteiger partial charge on any atom is -0.481 e. The van der Waals surface area contributed by atoms with Crippen LogP contribution in [0.15, 0.2) is 60.7 Å². The smallest absolute Gasteiger partial charge is 0.303 e. The van der Waals surface area contributed by atoms with E-state index in [0.29, 0.717) is 6.42 Å². The van der Waals surface area contributed by atoms with Crippen LogP contribution in [0.1, 0.15) is 51.4 Å². The van der Waals surface area contributed by atoms with Crippen molar-refractivity contribution in [2.24, 2.45) is 0 Å². The Kier molecular flexibility index (Phi) is 8.40. The van der Waals surface area contributed by atoms with Gasteiger partial charge in [-0.2, -0.15) is 0 Å². The molecule has 4 nitrogen and oxygen atoms in total. The second kappa shape index (κ2) is 11.1. The first-order valence-electron chi connectivity index (χ1n) is 9.33. The van der Waals surface area contributed by atoms with Crippen LogP contribution < -0.4 is 4.90 Å². The highest BCUT2D eigenvalue weighted by atomic mass is 16.4. The molecule has 0 saturated carbocycles. The van der Waals surface area contributed by atoms with Crippen molar-refractivity contribution in [2.75, 3.05) is 4.90 Å². The first-order valence-corrected chi connectivity index (χ1v) is 9.33. The number of rotatable bonds is 11. The van der Waals surface area contributed by atoms with Crippen LogP contribution in [0.5, 0.6) is 0 Å². The summed E-state index contributed by atoms with van der Waals surface area (Å²) in [6.07, 6.45) is 6.38. The molecule has 0 fully saturated rings. The molecular formula is C22H27NO3. The molecule has 0 aromatic heterocycles.